The van der Waals surface area contributed by atoms with Crippen molar-refractivity contribution < 1.29 is 31.1 Å². The number of sulfone groups is 1. The zero-order valence-electron chi connectivity index (χ0n) is 15.2. The first-order valence-electron chi connectivity index (χ1n) is 8.44. The van der Waals surface area contributed by atoms with Crippen LogP contribution >= 0.6 is 0 Å². The highest BCUT2D eigenvalue weighted by Crippen LogP contribution is 2.30. The Balaban J connectivity index is 1.76. The van der Waals surface area contributed by atoms with Gasteiger partial charge >= 0.3 is 5.51 Å². The summed E-state index contributed by atoms with van der Waals surface area (Å²) in [5, 5.41) is 3.54. The molecule has 0 bridgehead atoms. The van der Waals surface area contributed by atoms with Gasteiger partial charge in [-0.1, -0.05) is 0 Å². The van der Waals surface area contributed by atoms with Crippen molar-refractivity contribution in [2.45, 2.75) is 16.9 Å². The summed E-state index contributed by atoms with van der Waals surface area (Å²) in [4.78, 5) is 11.4. The predicted octanol–water partition coefficient (Wildman–Crippen LogP) is 3.83. The number of carbonyl (C=O) groups excluding carboxylic acids is 1. The van der Waals surface area contributed by atoms with Crippen LogP contribution in [0.25, 0.3) is 10.9 Å². The number of hydrogen-bond donors (Lipinski definition) is 1. The second kappa shape index (κ2) is 7.88. The monoisotopic (exact) mass is 426 g/mol. The van der Waals surface area contributed by atoms with Crippen LogP contribution in [-0.2, 0) is 21.1 Å². The molecule has 1 heterocycles. The summed E-state index contributed by atoms with van der Waals surface area (Å²) in [7, 11) is -3.83. The van der Waals surface area contributed by atoms with Crippen LogP contribution in [0.15, 0.2) is 59.6 Å². The van der Waals surface area contributed by atoms with E-state index in [1.807, 2.05) is 22.9 Å². The summed E-state index contributed by atoms with van der Waals surface area (Å²) < 4.78 is 67.6. The third-order valence-electron chi connectivity index (χ3n) is 4.30. The van der Waals surface area contributed by atoms with E-state index in [1.54, 1.807) is 19.2 Å². The molecule has 10 heteroatoms. The second-order valence-corrected chi connectivity index (χ2v) is 8.14. The average Bonchev–Trinajstić information content (AvgIpc) is 3.07. The maximum atomic E-state index is 12.6. The lowest BCUT2D eigenvalue weighted by Gasteiger charge is -2.09. The minimum atomic E-state index is -5.45. The number of benzene rings is 2. The molecule has 0 unspecified atom stereocenters. The van der Waals surface area contributed by atoms with Crippen LogP contribution in [0.2, 0.25) is 0 Å². The summed E-state index contributed by atoms with van der Waals surface area (Å²) in [6.07, 6.45) is 1.90. The Morgan fingerprint density at radius 1 is 1.10 bits per heavy atom. The van der Waals surface area contributed by atoms with Gasteiger partial charge in [-0.25, -0.2) is 8.42 Å². The fourth-order valence-electron chi connectivity index (χ4n) is 2.78. The lowest BCUT2D eigenvalue weighted by Crippen LogP contribution is -2.23. The number of ether oxygens (including phenoxy) is 1. The fraction of sp³-hybridized carbons (Fsp3) is 0.211. The molecule has 0 aliphatic carbocycles. The Bertz CT molecular complexity index is 1140. The van der Waals surface area contributed by atoms with E-state index in [1.165, 1.54) is 0 Å². The molecule has 6 nitrogen and oxygen atoms in total. The molecule has 3 rings (SSSR count). The van der Waals surface area contributed by atoms with Crippen LogP contribution in [0.5, 0.6) is 0 Å². The highest BCUT2D eigenvalue weighted by atomic mass is 32.2. The smallest absolute Gasteiger partial charge is 0.383 e. The van der Waals surface area contributed by atoms with Crippen molar-refractivity contribution in [3.05, 3.63) is 60.3 Å². The molecule has 0 saturated heterocycles. The van der Waals surface area contributed by atoms with E-state index in [4.69, 9.17) is 4.74 Å². The quantitative estimate of drug-likeness (QED) is 0.650. The lowest BCUT2D eigenvalue weighted by molar-refractivity contribution is -0.0436. The van der Waals surface area contributed by atoms with E-state index in [-0.39, 0.29) is 5.56 Å². The zero-order valence-corrected chi connectivity index (χ0v) is 16.0. The number of methoxy groups -OCH3 is 1. The Morgan fingerprint density at radius 2 is 1.79 bits per heavy atom. The van der Waals surface area contributed by atoms with Gasteiger partial charge in [-0.05, 0) is 48.5 Å². The molecular weight excluding hydrogens is 409 g/mol. The Kier molecular flexibility index (Phi) is 5.67. The Hall–Kier alpha value is -2.85. The van der Waals surface area contributed by atoms with Gasteiger partial charge in [-0.2, -0.15) is 13.2 Å². The Labute approximate surface area is 164 Å². The van der Waals surface area contributed by atoms with Crippen LogP contribution in [0.1, 0.15) is 10.4 Å². The predicted molar refractivity (Wildman–Crippen MR) is 101 cm³/mol. The normalized spacial score (nSPS) is 12.3. The van der Waals surface area contributed by atoms with Crippen molar-refractivity contribution in [2.24, 2.45) is 0 Å². The van der Waals surface area contributed by atoms with Crippen LogP contribution in [0, 0.1) is 0 Å². The SMILES string of the molecule is COCCn1ccc2cc(NC(=O)c3ccc(S(=O)(=O)C(F)(F)F)cc3)ccc21. The first kappa shape index (κ1) is 20.9. The van der Waals surface area contributed by atoms with E-state index in [9.17, 15) is 26.4 Å². The molecule has 0 aliphatic rings. The van der Waals surface area contributed by atoms with E-state index in [0.29, 0.717) is 18.8 Å². The number of nitrogens with zero attached hydrogens (tertiary/aromatic N) is 1. The number of rotatable bonds is 6. The highest BCUT2D eigenvalue weighted by molar-refractivity contribution is 7.92. The molecule has 0 radical (unpaired) electrons. The topological polar surface area (TPSA) is 77.4 Å². The number of nitrogens with one attached hydrogen (secondary N) is 1. The molecule has 3 aromatic rings. The standard InChI is InChI=1S/C19H17F3N2O4S/c1-28-11-10-24-9-8-14-12-15(4-7-17(14)24)23-18(25)13-2-5-16(6-3-13)29(26,27)19(20,21)22/h2-9,12H,10-11H2,1H3,(H,23,25). The second-order valence-electron chi connectivity index (χ2n) is 6.20. The van der Waals surface area contributed by atoms with Gasteiger partial charge in [0.2, 0.25) is 0 Å². The van der Waals surface area contributed by atoms with Gasteiger partial charge in [0.1, 0.15) is 0 Å². The maximum Gasteiger partial charge on any atom is 0.501 e. The number of hydrogen-bond acceptors (Lipinski definition) is 4. The summed E-state index contributed by atoms with van der Waals surface area (Å²) in [6, 6.07) is 10.8. The number of carbonyl (C=O) groups is 1. The fourth-order valence-corrected chi connectivity index (χ4v) is 3.55. The number of anilines is 1. The molecule has 1 N–H and O–H groups in total. The van der Waals surface area contributed by atoms with Crippen molar-refractivity contribution in [3.63, 3.8) is 0 Å². The average molecular weight is 426 g/mol. The van der Waals surface area contributed by atoms with Crippen molar-refractivity contribution in [1.29, 1.82) is 0 Å². The largest absolute Gasteiger partial charge is 0.501 e. The maximum absolute atomic E-state index is 12.6. The lowest BCUT2D eigenvalue weighted by atomic mass is 10.2. The highest BCUT2D eigenvalue weighted by Gasteiger charge is 2.46. The molecule has 1 amide bonds. The van der Waals surface area contributed by atoms with Crippen LogP contribution in [0.3, 0.4) is 0 Å². The number of amides is 1. The molecule has 1 aromatic heterocycles. The van der Waals surface area contributed by atoms with Crippen molar-refractivity contribution >= 4 is 32.3 Å². The summed E-state index contributed by atoms with van der Waals surface area (Å²) >= 11 is 0. The number of halogens is 3. The van der Waals surface area contributed by atoms with Gasteiger partial charge < -0.3 is 14.6 Å². The minimum absolute atomic E-state index is 0.0314. The molecule has 2 aromatic carbocycles. The van der Waals surface area contributed by atoms with Gasteiger partial charge in [0.05, 0.1) is 11.5 Å². The van der Waals surface area contributed by atoms with Crippen LogP contribution in [0.4, 0.5) is 18.9 Å². The van der Waals surface area contributed by atoms with Crippen molar-refractivity contribution in [1.82, 2.24) is 4.57 Å². The summed E-state index contributed by atoms with van der Waals surface area (Å²) in [6.45, 7) is 1.24. The van der Waals surface area contributed by atoms with E-state index in [2.05, 4.69) is 5.32 Å². The summed E-state index contributed by atoms with van der Waals surface area (Å²) in [5.74, 6) is -0.570. The Morgan fingerprint density at radius 3 is 2.41 bits per heavy atom. The molecule has 0 atom stereocenters. The molecule has 0 saturated carbocycles. The van der Waals surface area contributed by atoms with Crippen LogP contribution < -0.4 is 5.32 Å². The molecule has 0 spiro atoms. The van der Waals surface area contributed by atoms with E-state index >= 15 is 0 Å². The van der Waals surface area contributed by atoms with Gasteiger partial charge in [-0.15, -0.1) is 0 Å². The van der Waals surface area contributed by atoms with Gasteiger partial charge in [0, 0.05) is 42.0 Å². The number of aromatic nitrogens is 1. The third kappa shape index (κ3) is 4.28. The minimum Gasteiger partial charge on any atom is -0.383 e. The first-order valence-corrected chi connectivity index (χ1v) is 9.92. The molecule has 0 aliphatic heterocycles. The zero-order chi connectivity index (χ0) is 21.2. The van der Waals surface area contributed by atoms with Crippen molar-refractivity contribution in [2.75, 3.05) is 19.0 Å². The number of alkyl halides is 3. The first-order chi connectivity index (χ1) is 13.6. The number of fused-ring (bicyclic) bond motifs is 1. The molecule has 154 valence electrons. The van der Waals surface area contributed by atoms with Gasteiger partial charge in [0.25, 0.3) is 15.7 Å². The van der Waals surface area contributed by atoms with Gasteiger partial charge in [-0.3, -0.25) is 4.79 Å². The molecule has 29 heavy (non-hydrogen) atoms. The van der Waals surface area contributed by atoms with E-state index in [0.717, 1.165) is 35.2 Å². The van der Waals surface area contributed by atoms with E-state index < -0.39 is 26.1 Å². The van der Waals surface area contributed by atoms with Crippen LogP contribution in [-0.4, -0.2) is 38.1 Å². The summed E-state index contributed by atoms with van der Waals surface area (Å²) in [5.41, 5.74) is -3.91. The molecular formula is C19H17F3N2O4S. The van der Waals surface area contributed by atoms with Crippen molar-refractivity contribution in [3.8, 4) is 0 Å². The van der Waals surface area contributed by atoms with Gasteiger partial charge in [0.15, 0.2) is 0 Å². The third-order valence-corrected chi connectivity index (χ3v) is 5.80. The molecule has 0 fully saturated rings.